The third-order valence-electron chi connectivity index (χ3n) is 3.59. The summed E-state index contributed by atoms with van der Waals surface area (Å²) in [4.78, 5) is 10.9. The smallest absolute Gasteiger partial charge is 0.292 e. The lowest BCUT2D eigenvalue weighted by molar-refractivity contribution is -0.384. The van der Waals surface area contributed by atoms with E-state index >= 15 is 0 Å². The molecule has 1 N–H and O–H groups in total. The summed E-state index contributed by atoms with van der Waals surface area (Å²) in [5.41, 5.74) is 3.04. The minimum absolute atomic E-state index is 0.142. The first-order valence-corrected chi connectivity index (χ1v) is 8.56. The second kappa shape index (κ2) is 5.69. The second-order valence-corrected chi connectivity index (χ2v) is 7.93. The van der Waals surface area contributed by atoms with E-state index in [0.29, 0.717) is 10.9 Å². The molecule has 2 atom stereocenters. The van der Waals surface area contributed by atoms with Gasteiger partial charge >= 0.3 is 0 Å². The van der Waals surface area contributed by atoms with Crippen molar-refractivity contribution in [2.75, 3.05) is 5.32 Å². The minimum atomic E-state index is -0.322. The number of nitrogens with zero attached hydrogens (tertiary/aromatic N) is 1. The van der Waals surface area contributed by atoms with Gasteiger partial charge in [0.15, 0.2) is 0 Å². The molecule has 1 aliphatic heterocycles. The van der Waals surface area contributed by atoms with Gasteiger partial charge in [-0.25, -0.2) is 0 Å². The zero-order chi connectivity index (χ0) is 15.0. The average molecular weight is 320 g/mol. The van der Waals surface area contributed by atoms with Crippen molar-refractivity contribution in [2.45, 2.75) is 35.8 Å². The molecule has 110 valence electrons. The van der Waals surface area contributed by atoms with Crippen molar-refractivity contribution in [1.29, 1.82) is 0 Å². The fraction of sp³-hybridized carbons (Fsp3) is 0.333. The van der Waals surface area contributed by atoms with E-state index in [1.165, 1.54) is 9.77 Å². The van der Waals surface area contributed by atoms with E-state index in [2.05, 4.69) is 23.7 Å². The normalized spacial score (nSPS) is 20.9. The predicted octanol–water partition coefficient (Wildman–Crippen LogP) is 5.00. The van der Waals surface area contributed by atoms with Crippen LogP contribution in [0, 0.1) is 17.0 Å². The number of anilines is 1. The molecule has 0 bridgehead atoms. The highest BCUT2D eigenvalue weighted by atomic mass is 32.2. The Bertz CT molecular complexity index is 684. The highest BCUT2D eigenvalue weighted by Gasteiger charge is 2.27. The first-order chi connectivity index (χ1) is 10.0. The van der Waals surface area contributed by atoms with Crippen LogP contribution >= 0.6 is 23.1 Å². The summed E-state index contributed by atoms with van der Waals surface area (Å²) in [5.74, 6) is 0. The van der Waals surface area contributed by atoms with E-state index in [1.54, 1.807) is 23.5 Å². The Labute approximate surface area is 131 Å². The number of hydrogen-bond acceptors (Lipinski definition) is 5. The van der Waals surface area contributed by atoms with Gasteiger partial charge in [-0.2, -0.15) is 0 Å². The van der Waals surface area contributed by atoms with Gasteiger partial charge in [0.25, 0.3) is 5.69 Å². The van der Waals surface area contributed by atoms with Crippen molar-refractivity contribution in [3.8, 4) is 0 Å². The summed E-state index contributed by atoms with van der Waals surface area (Å²) in [6, 6.07) is 7.48. The van der Waals surface area contributed by atoms with E-state index in [0.717, 1.165) is 12.0 Å². The summed E-state index contributed by atoms with van der Waals surface area (Å²) in [7, 11) is 0. The van der Waals surface area contributed by atoms with Crippen molar-refractivity contribution in [3.05, 3.63) is 50.9 Å². The Kier molecular flexibility index (Phi) is 3.91. The van der Waals surface area contributed by atoms with Crippen molar-refractivity contribution in [1.82, 2.24) is 0 Å². The van der Waals surface area contributed by atoms with E-state index in [4.69, 9.17) is 0 Å². The van der Waals surface area contributed by atoms with Gasteiger partial charge in [0, 0.05) is 11.3 Å². The Morgan fingerprint density at radius 2 is 2.19 bits per heavy atom. The first kappa shape index (κ1) is 14.4. The number of thioether (sulfide) groups is 1. The van der Waals surface area contributed by atoms with Gasteiger partial charge in [0.05, 0.1) is 15.2 Å². The molecule has 0 saturated heterocycles. The first-order valence-electron chi connectivity index (χ1n) is 6.80. The monoisotopic (exact) mass is 320 g/mol. The van der Waals surface area contributed by atoms with Gasteiger partial charge in [-0.3, -0.25) is 10.1 Å². The summed E-state index contributed by atoms with van der Waals surface area (Å²) in [6.07, 6.45) is 0.972. The second-order valence-electron chi connectivity index (χ2n) is 5.30. The molecule has 1 unspecified atom stereocenters. The Balaban J connectivity index is 1.94. The molecular formula is C15H16N2O2S2. The highest BCUT2D eigenvalue weighted by Crippen LogP contribution is 2.45. The fourth-order valence-corrected chi connectivity index (χ4v) is 5.17. The zero-order valence-corrected chi connectivity index (χ0v) is 13.5. The summed E-state index contributed by atoms with van der Waals surface area (Å²) in [6.45, 7) is 4.15. The third-order valence-corrected chi connectivity index (χ3v) is 5.93. The SMILES string of the molecule is Cc1ccc([N+](=O)[O-])c(NC2C[C@H](C)Sc3sccc32)c1. The molecule has 0 amide bonds. The van der Waals surface area contributed by atoms with Crippen LogP contribution in [0.15, 0.2) is 33.9 Å². The number of thiophene rings is 1. The number of hydrogen-bond donors (Lipinski definition) is 1. The van der Waals surface area contributed by atoms with E-state index in [1.807, 2.05) is 24.8 Å². The molecular weight excluding hydrogens is 304 g/mol. The number of nitro groups is 1. The molecule has 2 aromatic rings. The van der Waals surface area contributed by atoms with Gasteiger partial charge in [-0.05, 0) is 42.0 Å². The maximum Gasteiger partial charge on any atom is 0.292 e. The van der Waals surface area contributed by atoms with Gasteiger partial charge in [-0.1, -0.05) is 13.0 Å². The number of aryl methyl sites for hydroxylation is 1. The summed E-state index contributed by atoms with van der Waals surface area (Å²) < 4.78 is 1.32. The molecule has 2 heterocycles. The minimum Gasteiger partial charge on any atom is -0.373 e. The van der Waals surface area contributed by atoms with E-state index < -0.39 is 0 Å². The highest BCUT2D eigenvalue weighted by molar-refractivity contribution is 8.01. The van der Waals surface area contributed by atoms with E-state index in [9.17, 15) is 10.1 Å². The van der Waals surface area contributed by atoms with Gasteiger partial charge < -0.3 is 5.32 Å². The van der Waals surface area contributed by atoms with Gasteiger partial charge in [0.1, 0.15) is 5.69 Å². The predicted molar refractivity (Wildman–Crippen MR) is 88.5 cm³/mol. The molecule has 3 rings (SSSR count). The van der Waals surface area contributed by atoms with Crippen LogP contribution < -0.4 is 5.32 Å². The van der Waals surface area contributed by atoms with Crippen LogP contribution in [-0.4, -0.2) is 10.2 Å². The number of benzene rings is 1. The van der Waals surface area contributed by atoms with Crippen molar-refractivity contribution >= 4 is 34.5 Å². The summed E-state index contributed by atoms with van der Waals surface area (Å²) >= 11 is 3.64. The fourth-order valence-electron chi connectivity index (χ4n) is 2.60. The molecule has 0 fully saturated rings. The zero-order valence-electron chi connectivity index (χ0n) is 11.8. The molecule has 1 aromatic heterocycles. The molecule has 0 saturated carbocycles. The average Bonchev–Trinajstić information content (AvgIpc) is 2.86. The number of nitrogens with one attached hydrogen (secondary N) is 1. The molecule has 6 heteroatoms. The Morgan fingerprint density at radius 3 is 2.95 bits per heavy atom. The van der Waals surface area contributed by atoms with Crippen molar-refractivity contribution in [2.24, 2.45) is 0 Å². The van der Waals surface area contributed by atoms with Crippen molar-refractivity contribution in [3.63, 3.8) is 0 Å². The van der Waals surface area contributed by atoms with Crippen LogP contribution in [-0.2, 0) is 0 Å². The topological polar surface area (TPSA) is 55.2 Å². The van der Waals surface area contributed by atoms with E-state index in [-0.39, 0.29) is 16.7 Å². The maximum absolute atomic E-state index is 11.2. The largest absolute Gasteiger partial charge is 0.373 e. The number of rotatable bonds is 3. The summed E-state index contributed by atoms with van der Waals surface area (Å²) in [5, 5.41) is 17.2. The Hall–Kier alpha value is -1.53. The van der Waals surface area contributed by atoms with Crippen LogP contribution in [0.25, 0.3) is 0 Å². The van der Waals surface area contributed by atoms with Crippen LogP contribution in [0.5, 0.6) is 0 Å². The van der Waals surface area contributed by atoms with Gasteiger partial charge in [-0.15, -0.1) is 23.1 Å². The molecule has 4 nitrogen and oxygen atoms in total. The third kappa shape index (κ3) is 2.91. The molecule has 1 aliphatic rings. The van der Waals surface area contributed by atoms with Crippen LogP contribution in [0.1, 0.15) is 30.5 Å². The molecule has 1 aromatic carbocycles. The molecule has 0 spiro atoms. The quantitative estimate of drug-likeness (QED) is 0.638. The number of nitro benzene ring substituents is 1. The molecule has 0 radical (unpaired) electrons. The van der Waals surface area contributed by atoms with Crippen LogP contribution in [0.4, 0.5) is 11.4 Å². The molecule has 0 aliphatic carbocycles. The lowest BCUT2D eigenvalue weighted by Crippen LogP contribution is -2.19. The van der Waals surface area contributed by atoms with Crippen LogP contribution in [0.3, 0.4) is 0 Å². The van der Waals surface area contributed by atoms with Crippen LogP contribution in [0.2, 0.25) is 0 Å². The number of fused-ring (bicyclic) bond motifs is 1. The Morgan fingerprint density at radius 1 is 1.38 bits per heavy atom. The van der Waals surface area contributed by atoms with Crippen molar-refractivity contribution < 1.29 is 4.92 Å². The lowest BCUT2D eigenvalue weighted by Gasteiger charge is -2.28. The van der Waals surface area contributed by atoms with Gasteiger partial charge in [0.2, 0.25) is 0 Å². The lowest BCUT2D eigenvalue weighted by atomic mass is 10.0. The maximum atomic E-state index is 11.2. The molecule has 21 heavy (non-hydrogen) atoms. The standard InChI is InChI=1S/C15H16N2O2S2/c1-9-3-4-14(17(18)19)13(7-9)16-12-8-10(2)21-15-11(12)5-6-20-15/h3-7,10,12,16H,8H2,1-2H3/t10-,12?/m0/s1.